The van der Waals surface area contributed by atoms with Gasteiger partial charge in [0.15, 0.2) is 5.13 Å². The number of anilines is 1. The summed E-state index contributed by atoms with van der Waals surface area (Å²) in [5, 5.41) is 12.9. The lowest BCUT2D eigenvalue weighted by Crippen LogP contribution is -2.12. The van der Waals surface area contributed by atoms with Crippen molar-refractivity contribution >= 4 is 45.0 Å². The number of halogens is 1. The average Bonchev–Trinajstić information content (AvgIpc) is 2.61. The van der Waals surface area contributed by atoms with E-state index in [1.54, 1.807) is 12.1 Å². The van der Waals surface area contributed by atoms with E-state index in [0.29, 0.717) is 5.13 Å². The van der Waals surface area contributed by atoms with Gasteiger partial charge in [0.2, 0.25) is 0 Å². The van der Waals surface area contributed by atoms with Gasteiger partial charge in [-0.1, -0.05) is 0 Å². The van der Waals surface area contributed by atoms with Gasteiger partial charge in [-0.15, -0.1) is 11.3 Å². The third kappa shape index (κ3) is 2.81. The zero-order chi connectivity index (χ0) is 13.3. The summed E-state index contributed by atoms with van der Waals surface area (Å²) in [5.74, 6) is -0.377. The number of carbonyl (C=O) groups is 1. The minimum absolute atomic E-state index is 0.0297. The van der Waals surface area contributed by atoms with Crippen LogP contribution in [0.3, 0.4) is 0 Å². The number of thiazole rings is 1. The molecular formula is C12H11IN2O2S. The van der Waals surface area contributed by atoms with E-state index in [1.807, 2.05) is 13.8 Å². The quantitative estimate of drug-likeness (QED) is 0.793. The summed E-state index contributed by atoms with van der Waals surface area (Å²) in [5.41, 5.74) is 1.16. The number of rotatable bonds is 2. The van der Waals surface area contributed by atoms with Crippen LogP contribution in [0.2, 0.25) is 0 Å². The Morgan fingerprint density at radius 2 is 2.17 bits per heavy atom. The van der Waals surface area contributed by atoms with Crippen LogP contribution in [0.4, 0.5) is 5.13 Å². The van der Waals surface area contributed by atoms with Crippen molar-refractivity contribution in [2.45, 2.75) is 13.8 Å². The van der Waals surface area contributed by atoms with Gasteiger partial charge >= 0.3 is 0 Å². The molecule has 0 saturated carbocycles. The molecular weight excluding hydrogens is 363 g/mol. The number of phenols is 1. The number of hydrogen-bond donors (Lipinski definition) is 2. The minimum Gasteiger partial charge on any atom is -0.507 e. The molecule has 0 unspecified atom stereocenters. The molecule has 0 atom stereocenters. The summed E-state index contributed by atoms with van der Waals surface area (Å²) < 4.78 is 0.891. The maximum absolute atomic E-state index is 12.0. The Hall–Kier alpha value is -1.15. The average molecular weight is 374 g/mol. The predicted octanol–water partition coefficient (Wildman–Crippen LogP) is 3.32. The van der Waals surface area contributed by atoms with E-state index in [9.17, 15) is 9.90 Å². The zero-order valence-electron chi connectivity index (χ0n) is 9.82. The molecule has 1 aromatic heterocycles. The van der Waals surface area contributed by atoms with Crippen LogP contribution >= 0.6 is 33.9 Å². The lowest BCUT2D eigenvalue weighted by Gasteiger charge is -2.04. The van der Waals surface area contributed by atoms with E-state index in [1.165, 1.54) is 17.4 Å². The summed E-state index contributed by atoms with van der Waals surface area (Å²) in [7, 11) is 0. The number of phenolic OH excluding ortho intramolecular Hbond substituents is 1. The summed E-state index contributed by atoms with van der Waals surface area (Å²) in [6, 6.07) is 4.89. The predicted molar refractivity (Wildman–Crippen MR) is 80.4 cm³/mol. The number of nitrogens with one attached hydrogen (secondary N) is 1. The van der Waals surface area contributed by atoms with Crippen molar-refractivity contribution in [3.63, 3.8) is 0 Å². The Balaban J connectivity index is 2.24. The molecule has 2 rings (SSSR count). The van der Waals surface area contributed by atoms with Crippen molar-refractivity contribution in [3.8, 4) is 5.75 Å². The maximum Gasteiger partial charge on any atom is 0.261 e. The highest BCUT2D eigenvalue weighted by molar-refractivity contribution is 14.1. The molecule has 6 heteroatoms. The Morgan fingerprint density at radius 3 is 2.78 bits per heavy atom. The van der Waals surface area contributed by atoms with Gasteiger partial charge in [0.05, 0.1) is 11.3 Å². The molecule has 0 saturated heterocycles. The first-order valence-electron chi connectivity index (χ1n) is 5.21. The van der Waals surface area contributed by atoms with Crippen molar-refractivity contribution in [3.05, 3.63) is 37.9 Å². The fourth-order valence-corrected chi connectivity index (χ4v) is 2.68. The Bertz CT molecular complexity index is 591. The molecule has 2 N–H and O–H groups in total. The van der Waals surface area contributed by atoms with Gasteiger partial charge in [-0.3, -0.25) is 10.1 Å². The van der Waals surface area contributed by atoms with Gasteiger partial charge in [0, 0.05) is 8.45 Å². The van der Waals surface area contributed by atoms with Crippen molar-refractivity contribution in [2.75, 3.05) is 5.32 Å². The van der Waals surface area contributed by atoms with Gasteiger partial charge < -0.3 is 5.11 Å². The molecule has 0 fully saturated rings. The van der Waals surface area contributed by atoms with Crippen molar-refractivity contribution in [1.82, 2.24) is 4.98 Å². The molecule has 0 aliphatic rings. The third-order valence-electron chi connectivity index (χ3n) is 2.45. The van der Waals surface area contributed by atoms with E-state index in [0.717, 1.165) is 14.1 Å². The van der Waals surface area contributed by atoms with Gasteiger partial charge in [0.1, 0.15) is 5.75 Å². The molecule has 0 radical (unpaired) electrons. The first kappa shape index (κ1) is 13.3. The molecule has 4 nitrogen and oxygen atoms in total. The number of benzene rings is 1. The van der Waals surface area contributed by atoms with Crippen LogP contribution in [-0.2, 0) is 0 Å². The highest BCUT2D eigenvalue weighted by Gasteiger charge is 2.14. The monoisotopic (exact) mass is 374 g/mol. The number of aromatic nitrogens is 1. The molecule has 94 valence electrons. The maximum atomic E-state index is 12.0. The number of amides is 1. The van der Waals surface area contributed by atoms with Crippen LogP contribution in [0.5, 0.6) is 5.75 Å². The van der Waals surface area contributed by atoms with Crippen LogP contribution in [0, 0.1) is 17.4 Å². The largest absolute Gasteiger partial charge is 0.507 e. The Labute approximate surface area is 122 Å². The standard InChI is InChI=1S/C12H11IN2O2S/c1-6-7(2)18-12(14-6)15-11(17)9-5-8(13)3-4-10(9)16/h3-5,16H,1-2H3,(H,14,15,17). The summed E-state index contributed by atoms with van der Waals surface area (Å²) in [4.78, 5) is 17.3. The van der Waals surface area contributed by atoms with E-state index in [4.69, 9.17) is 0 Å². The fourth-order valence-electron chi connectivity index (χ4n) is 1.38. The highest BCUT2D eigenvalue weighted by Crippen LogP contribution is 2.24. The smallest absolute Gasteiger partial charge is 0.261 e. The van der Waals surface area contributed by atoms with Gasteiger partial charge in [0.25, 0.3) is 5.91 Å². The van der Waals surface area contributed by atoms with Crippen LogP contribution < -0.4 is 5.32 Å². The Morgan fingerprint density at radius 1 is 1.44 bits per heavy atom. The molecule has 0 bridgehead atoms. The van der Waals surface area contributed by atoms with Crippen molar-refractivity contribution in [1.29, 1.82) is 0 Å². The summed E-state index contributed by atoms with van der Waals surface area (Å²) in [6.07, 6.45) is 0. The number of aryl methyl sites for hydroxylation is 2. The van der Waals surface area contributed by atoms with Crippen molar-refractivity contribution in [2.24, 2.45) is 0 Å². The molecule has 18 heavy (non-hydrogen) atoms. The highest BCUT2D eigenvalue weighted by atomic mass is 127. The lowest BCUT2D eigenvalue weighted by molar-refractivity contribution is 0.102. The van der Waals surface area contributed by atoms with Gasteiger partial charge in [-0.2, -0.15) is 0 Å². The first-order chi connectivity index (χ1) is 8.47. The second kappa shape index (κ2) is 5.23. The molecule has 2 aromatic rings. The number of aromatic hydroxyl groups is 1. The summed E-state index contributed by atoms with van der Waals surface area (Å²) >= 11 is 3.51. The number of nitrogens with zero attached hydrogens (tertiary/aromatic N) is 1. The normalized spacial score (nSPS) is 10.4. The lowest BCUT2D eigenvalue weighted by atomic mass is 10.2. The summed E-state index contributed by atoms with van der Waals surface area (Å²) in [6.45, 7) is 3.84. The van der Waals surface area contributed by atoms with E-state index in [-0.39, 0.29) is 17.2 Å². The second-order valence-corrected chi connectivity index (χ2v) is 6.23. The van der Waals surface area contributed by atoms with Gasteiger partial charge in [-0.05, 0) is 54.6 Å². The van der Waals surface area contributed by atoms with E-state index in [2.05, 4.69) is 32.9 Å². The topological polar surface area (TPSA) is 62.2 Å². The molecule has 0 aliphatic heterocycles. The first-order valence-corrected chi connectivity index (χ1v) is 7.11. The van der Waals surface area contributed by atoms with Crippen LogP contribution in [-0.4, -0.2) is 16.0 Å². The third-order valence-corrected chi connectivity index (χ3v) is 4.11. The Kier molecular flexibility index (Phi) is 3.86. The molecule has 1 aromatic carbocycles. The number of carbonyl (C=O) groups excluding carboxylic acids is 1. The second-order valence-electron chi connectivity index (χ2n) is 3.78. The van der Waals surface area contributed by atoms with Crippen LogP contribution in [0.1, 0.15) is 20.9 Å². The SMILES string of the molecule is Cc1nc(NC(=O)c2cc(I)ccc2O)sc1C. The minimum atomic E-state index is -0.347. The van der Waals surface area contributed by atoms with Crippen LogP contribution in [0.25, 0.3) is 0 Å². The van der Waals surface area contributed by atoms with E-state index >= 15 is 0 Å². The molecule has 0 spiro atoms. The van der Waals surface area contributed by atoms with E-state index < -0.39 is 0 Å². The number of hydrogen-bond acceptors (Lipinski definition) is 4. The van der Waals surface area contributed by atoms with Crippen LogP contribution in [0.15, 0.2) is 18.2 Å². The zero-order valence-corrected chi connectivity index (χ0v) is 12.8. The van der Waals surface area contributed by atoms with Crippen molar-refractivity contribution < 1.29 is 9.90 Å². The molecule has 1 amide bonds. The molecule has 1 heterocycles. The fraction of sp³-hybridized carbons (Fsp3) is 0.167. The van der Waals surface area contributed by atoms with Gasteiger partial charge in [-0.25, -0.2) is 4.98 Å². The molecule has 0 aliphatic carbocycles.